The maximum atomic E-state index is 14.5. The van der Waals surface area contributed by atoms with Gasteiger partial charge in [-0.15, -0.1) is 0 Å². The first-order valence-electron chi connectivity index (χ1n) is 8.89. The summed E-state index contributed by atoms with van der Waals surface area (Å²) in [7, 11) is 0. The molecule has 0 amide bonds. The first-order valence-corrected chi connectivity index (χ1v) is 8.89. The van der Waals surface area contributed by atoms with Crippen molar-refractivity contribution in [3.8, 4) is 17.2 Å². The van der Waals surface area contributed by atoms with Crippen LogP contribution in [-0.4, -0.2) is 29.0 Å². The Morgan fingerprint density at radius 3 is 2.69 bits per heavy atom. The summed E-state index contributed by atoms with van der Waals surface area (Å²) >= 11 is 0. The van der Waals surface area contributed by atoms with Gasteiger partial charge in [0.05, 0.1) is 12.1 Å². The van der Waals surface area contributed by atoms with Crippen LogP contribution in [0.15, 0.2) is 42.6 Å². The highest BCUT2D eigenvalue weighted by Gasteiger charge is 2.22. The van der Waals surface area contributed by atoms with Crippen molar-refractivity contribution in [3.63, 3.8) is 0 Å². The van der Waals surface area contributed by atoms with Crippen molar-refractivity contribution >= 4 is 10.9 Å². The zero-order valence-corrected chi connectivity index (χ0v) is 14.7. The van der Waals surface area contributed by atoms with Crippen molar-refractivity contribution in [2.45, 2.75) is 25.8 Å². The second kappa shape index (κ2) is 6.96. The summed E-state index contributed by atoms with van der Waals surface area (Å²) in [6.07, 6.45) is 4.31. The molecule has 26 heavy (non-hydrogen) atoms. The standard InChI is InChI=1S/C20H22FN3O2/c1-13(22)11-25-16-6-7-20(18(21)8-16)24-10-15-4-5-17(9-19(15)23-24)26-12-14-2-3-14/h4-10,13-14H,2-3,11-12,22H2,1H3. The molecule has 1 aromatic heterocycles. The molecule has 0 aliphatic heterocycles. The summed E-state index contributed by atoms with van der Waals surface area (Å²) in [6, 6.07) is 10.4. The summed E-state index contributed by atoms with van der Waals surface area (Å²) < 4.78 is 27.3. The van der Waals surface area contributed by atoms with Gasteiger partial charge in [-0.2, -0.15) is 5.10 Å². The van der Waals surface area contributed by atoms with E-state index in [1.54, 1.807) is 23.0 Å². The van der Waals surface area contributed by atoms with Gasteiger partial charge in [0.1, 0.15) is 23.8 Å². The van der Waals surface area contributed by atoms with Gasteiger partial charge in [-0.05, 0) is 49.9 Å². The predicted octanol–water partition coefficient (Wildman–Crippen LogP) is 3.68. The number of hydrogen-bond acceptors (Lipinski definition) is 4. The Morgan fingerprint density at radius 2 is 1.96 bits per heavy atom. The van der Waals surface area contributed by atoms with Crippen molar-refractivity contribution < 1.29 is 13.9 Å². The maximum Gasteiger partial charge on any atom is 0.152 e. The third-order valence-corrected chi connectivity index (χ3v) is 4.34. The molecule has 2 N–H and O–H groups in total. The summed E-state index contributed by atoms with van der Waals surface area (Å²) in [5.74, 6) is 1.55. The third-order valence-electron chi connectivity index (χ3n) is 4.34. The van der Waals surface area contributed by atoms with Crippen LogP contribution >= 0.6 is 0 Å². The fraction of sp³-hybridized carbons (Fsp3) is 0.350. The van der Waals surface area contributed by atoms with Crippen molar-refractivity contribution in [2.24, 2.45) is 11.7 Å². The average molecular weight is 355 g/mol. The Morgan fingerprint density at radius 1 is 1.19 bits per heavy atom. The van der Waals surface area contributed by atoms with Crippen molar-refractivity contribution in [1.29, 1.82) is 0 Å². The number of ether oxygens (including phenoxy) is 2. The molecule has 6 heteroatoms. The van der Waals surface area contributed by atoms with Gasteiger partial charge < -0.3 is 15.2 Å². The van der Waals surface area contributed by atoms with Gasteiger partial charge in [0.25, 0.3) is 0 Å². The minimum Gasteiger partial charge on any atom is -0.493 e. The van der Waals surface area contributed by atoms with Gasteiger partial charge in [-0.1, -0.05) is 0 Å². The number of benzene rings is 2. The van der Waals surface area contributed by atoms with Crippen LogP contribution in [0.2, 0.25) is 0 Å². The predicted molar refractivity (Wildman–Crippen MR) is 98.4 cm³/mol. The number of halogens is 1. The third kappa shape index (κ3) is 3.80. The molecule has 1 unspecified atom stereocenters. The van der Waals surface area contributed by atoms with Crippen LogP contribution in [0.4, 0.5) is 4.39 Å². The Bertz CT molecular complexity index is 919. The monoisotopic (exact) mass is 355 g/mol. The van der Waals surface area contributed by atoms with Gasteiger partial charge in [0, 0.05) is 29.8 Å². The van der Waals surface area contributed by atoms with Gasteiger partial charge in [0.15, 0.2) is 5.82 Å². The molecule has 2 aromatic carbocycles. The van der Waals surface area contributed by atoms with Crippen LogP contribution in [0.5, 0.6) is 11.5 Å². The molecule has 0 radical (unpaired) electrons. The molecule has 3 aromatic rings. The first kappa shape index (κ1) is 16.8. The molecule has 0 saturated heterocycles. The Labute approximate surface area is 151 Å². The molecule has 1 fully saturated rings. The highest BCUT2D eigenvalue weighted by atomic mass is 19.1. The zero-order chi connectivity index (χ0) is 18.1. The molecule has 0 bridgehead atoms. The molecule has 1 atom stereocenters. The Hall–Kier alpha value is -2.60. The SMILES string of the molecule is CC(N)COc1ccc(-n2cc3ccc(OCC4CC4)cc3n2)c(F)c1. The highest BCUT2D eigenvalue weighted by Crippen LogP contribution is 2.30. The van der Waals surface area contributed by atoms with Crippen molar-refractivity contribution in [2.75, 3.05) is 13.2 Å². The lowest BCUT2D eigenvalue weighted by Gasteiger charge is -2.10. The fourth-order valence-corrected chi connectivity index (χ4v) is 2.70. The first-order chi connectivity index (χ1) is 12.6. The van der Waals surface area contributed by atoms with E-state index in [2.05, 4.69) is 5.10 Å². The lowest BCUT2D eigenvalue weighted by molar-refractivity contribution is 0.295. The molecule has 5 nitrogen and oxygen atoms in total. The average Bonchev–Trinajstić information content (AvgIpc) is 3.35. The smallest absolute Gasteiger partial charge is 0.152 e. The molecular weight excluding hydrogens is 333 g/mol. The minimum absolute atomic E-state index is 0.106. The quantitative estimate of drug-likeness (QED) is 0.702. The van der Waals surface area contributed by atoms with E-state index in [-0.39, 0.29) is 6.04 Å². The Kier molecular flexibility index (Phi) is 4.51. The van der Waals surface area contributed by atoms with Gasteiger partial charge in [-0.25, -0.2) is 9.07 Å². The van der Waals surface area contributed by atoms with Crippen LogP contribution in [0.25, 0.3) is 16.6 Å². The maximum absolute atomic E-state index is 14.5. The number of nitrogens with two attached hydrogens (primary N) is 1. The normalized spacial score (nSPS) is 15.2. The summed E-state index contributed by atoms with van der Waals surface area (Å²) in [5.41, 5.74) is 6.80. The number of aromatic nitrogens is 2. The van der Waals surface area contributed by atoms with Crippen molar-refractivity contribution in [3.05, 3.63) is 48.4 Å². The van der Waals surface area contributed by atoms with Crippen LogP contribution in [0, 0.1) is 11.7 Å². The molecule has 1 saturated carbocycles. The molecule has 1 aliphatic carbocycles. The molecule has 0 spiro atoms. The van der Waals surface area contributed by atoms with E-state index < -0.39 is 5.82 Å². The van der Waals surface area contributed by atoms with E-state index in [0.29, 0.717) is 24.0 Å². The van der Waals surface area contributed by atoms with E-state index in [4.69, 9.17) is 15.2 Å². The molecule has 1 heterocycles. The topological polar surface area (TPSA) is 62.3 Å². The zero-order valence-electron chi connectivity index (χ0n) is 14.7. The van der Waals surface area contributed by atoms with Gasteiger partial charge in [-0.3, -0.25) is 0 Å². The summed E-state index contributed by atoms with van der Waals surface area (Å²) in [5, 5.41) is 5.42. The van der Waals surface area contributed by atoms with Gasteiger partial charge in [0.2, 0.25) is 0 Å². The molecule has 136 valence electrons. The highest BCUT2D eigenvalue weighted by molar-refractivity contribution is 5.80. The van der Waals surface area contributed by atoms with Crippen LogP contribution in [0.3, 0.4) is 0 Å². The fourth-order valence-electron chi connectivity index (χ4n) is 2.70. The molecule has 4 rings (SSSR count). The van der Waals surface area contributed by atoms with Crippen LogP contribution < -0.4 is 15.2 Å². The largest absolute Gasteiger partial charge is 0.493 e. The van der Waals surface area contributed by atoms with Crippen molar-refractivity contribution in [1.82, 2.24) is 9.78 Å². The van der Waals surface area contributed by atoms with E-state index in [9.17, 15) is 4.39 Å². The van der Waals surface area contributed by atoms with Crippen LogP contribution in [-0.2, 0) is 0 Å². The Balaban J connectivity index is 1.55. The lowest BCUT2D eigenvalue weighted by Crippen LogP contribution is -2.23. The second-order valence-electron chi connectivity index (χ2n) is 6.95. The van der Waals surface area contributed by atoms with E-state index in [1.165, 1.54) is 18.9 Å². The lowest BCUT2D eigenvalue weighted by atomic mass is 10.2. The summed E-state index contributed by atoms with van der Waals surface area (Å²) in [4.78, 5) is 0. The van der Waals surface area contributed by atoms with E-state index >= 15 is 0 Å². The number of hydrogen-bond donors (Lipinski definition) is 1. The minimum atomic E-state index is -0.398. The summed E-state index contributed by atoms with van der Waals surface area (Å²) in [6.45, 7) is 2.93. The number of fused-ring (bicyclic) bond motifs is 1. The van der Waals surface area contributed by atoms with E-state index in [1.807, 2.05) is 25.1 Å². The second-order valence-corrected chi connectivity index (χ2v) is 6.95. The van der Waals surface area contributed by atoms with E-state index in [0.717, 1.165) is 23.3 Å². The van der Waals surface area contributed by atoms with Gasteiger partial charge >= 0.3 is 0 Å². The molecule has 1 aliphatic rings. The van der Waals surface area contributed by atoms with Crippen LogP contribution in [0.1, 0.15) is 19.8 Å². The number of nitrogens with zero attached hydrogens (tertiary/aromatic N) is 2. The molecular formula is C20H22FN3O2. The number of rotatable bonds is 7.